The highest BCUT2D eigenvalue weighted by molar-refractivity contribution is 5.87. The van der Waals surface area contributed by atoms with Crippen LogP contribution in [0.3, 0.4) is 0 Å². The molecule has 0 aliphatic heterocycles. The number of carboxylic acid groups (broad SMARTS) is 1. The molecule has 1 N–H and O–H groups in total. The average Bonchev–Trinajstić information content (AvgIpc) is 2.03. The molecular weight excluding hydrogens is 175 g/mol. The SMILES string of the molecule is CN(C)c1ncc(C(=O)O)cc1F. The van der Waals surface area contributed by atoms with Crippen LogP contribution in [0.4, 0.5) is 10.2 Å². The molecule has 70 valence electrons. The van der Waals surface area contributed by atoms with E-state index in [0.717, 1.165) is 12.3 Å². The van der Waals surface area contributed by atoms with Crippen molar-refractivity contribution in [1.29, 1.82) is 0 Å². The van der Waals surface area contributed by atoms with E-state index < -0.39 is 11.8 Å². The normalized spacial score (nSPS) is 9.77. The number of halogens is 1. The third-order valence-electron chi connectivity index (χ3n) is 1.49. The highest BCUT2D eigenvalue weighted by Gasteiger charge is 2.10. The van der Waals surface area contributed by atoms with Crippen LogP contribution in [0.15, 0.2) is 12.3 Å². The fourth-order valence-electron chi connectivity index (χ4n) is 0.877. The maximum atomic E-state index is 13.1. The molecule has 0 atom stereocenters. The van der Waals surface area contributed by atoms with Crippen LogP contribution >= 0.6 is 0 Å². The van der Waals surface area contributed by atoms with Crippen molar-refractivity contribution in [3.05, 3.63) is 23.6 Å². The lowest BCUT2D eigenvalue weighted by molar-refractivity contribution is 0.0696. The van der Waals surface area contributed by atoms with Crippen molar-refractivity contribution in [3.8, 4) is 0 Å². The Morgan fingerprint density at radius 1 is 1.62 bits per heavy atom. The van der Waals surface area contributed by atoms with Gasteiger partial charge >= 0.3 is 5.97 Å². The van der Waals surface area contributed by atoms with Gasteiger partial charge in [-0.1, -0.05) is 0 Å². The van der Waals surface area contributed by atoms with E-state index in [1.54, 1.807) is 14.1 Å². The minimum atomic E-state index is -1.18. The fourth-order valence-corrected chi connectivity index (χ4v) is 0.877. The summed E-state index contributed by atoms with van der Waals surface area (Å²) in [6, 6.07) is 0.949. The maximum absolute atomic E-state index is 13.1. The molecule has 0 saturated heterocycles. The molecule has 1 aromatic heterocycles. The Morgan fingerprint density at radius 3 is 2.62 bits per heavy atom. The first kappa shape index (κ1) is 9.44. The van der Waals surface area contributed by atoms with Gasteiger partial charge in [0.2, 0.25) is 0 Å². The number of aromatic carboxylic acids is 1. The molecule has 0 amide bonds. The topological polar surface area (TPSA) is 53.4 Å². The van der Waals surface area contributed by atoms with Gasteiger partial charge in [-0.05, 0) is 6.07 Å². The zero-order valence-corrected chi connectivity index (χ0v) is 7.28. The second-order valence-electron chi connectivity index (χ2n) is 2.73. The van der Waals surface area contributed by atoms with Crippen LogP contribution in [0.5, 0.6) is 0 Å². The highest BCUT2D eigenvalue weighted by atomic mass is 19.1. The van der Waals surface area contributed by atoms with Crippen molar-refractivity contribution < 1.29 is 14.3 Å². The molecule has 1 aromatic rings. The Kier molecular flexibility index (Phi) is 2.46. The van der Waals surface area contributed by atoms with Crippen molar-refractivity contribution in [2.75, 3.05) is 19.0 Å². The van der Waals surface area contributed by atoms with Crippen LogP contribution in [0.2, 0.25) is 0 Å². The second kappa shape index (κ2) is 3.38. The lowest BCUT2D eigenvalue weighted by atomic mass is 10.3. The Bertz CT molecular complexity index is 339. The van der Waals surface area contributed by atoms with Gasteiger partial charge in [-0.3, -0.25) is 0 Å². The van der Waals surface area contributed by atoms with E-state index in [9.17, 15) is 9.18 Å². The summed E-state index contributed by atoms with van der Waals surface area (Å²) in [6.45, 7) is 0. The quantitative estimate of drug-likeness (QED) is 0.744. The molecule has 1 heterocycles. The Labute approximate surface area is 74.6 Å². The predicted octanol–water partition coefficient (Wildman–Crippen LogP) is 0.985. The minimum Gasteiger partial charge on any atom is -0.478 e. The third-order valence-corrected chi connectivity index (χ3v) is 1.49. The lowest BCUT2D eigenvalue weighted by Gasteiger charge is -2.11. The van der Waals surface area contributed by atoms with Crippen molar-refractivity contribution in [1.82, 2.24) is 4.98 Å². The molecule has 0 saturated carbocycles. The first-order valence-corrected chi connectivity index (χ1v) is 3.58. The van der Waals surface area contributed by atoms with Gasteiger partial charge in [0.15, 0.2) is 11.6 Å². The monoisotopic (exact) mass is 184 g/mol. The van der Waals surface area contributed by atoms with Gasteiger partial charge in [0.1, 0.15) is 0 Å². The number of anilines is 1. The molecule has 5 heteroatoms. The molecule has 0 aromatic carbocycles. The number of rotatable bonds is 2. The van der Waals surface area contributed by atoms with Gasteiger partial charge < -0.3 is 10.0 Å². The summed E-state index contributed by atoms with van der Waals surface area (Å²) in [6.07, 6.45) is 1.13. The first-order valence-electron chi connectivity index (χ1n) is 3.58. The zero-order chi connectivity index (χ0) is 10.0. The number of nitrogens with zero attached hydrogens (tertiary/aromatic N) is 2. The van der Waals surface area contributed by atoms with Crippen LogP contribution in [-0.4, -0.2) is 30.2 Å². The van der Waals surface area contributed by atoms with Crippen LogP contribution in [0, 0.1) is 5.82 Å². The van der Waals surface area contributed by atoms with Gasteiger partial charge in [0, 0.05) is 20.3 Å². The summed E-state index contributed by atoms with van der Waals surface area (Å²) in [5.41, 5.74) is -0.150. The number of pyridine rings is 1. The Hall–Kier alpha value is -1.65. The van der Waals surface area contributed by atoms with Crippen molar-refractivity contribution in [2.24, 2.45) is 0 Å². The number of hydrogen-bond acceptors (Lipinski definition) is 3. The van der Waals surface area contributed by atoms with Gasteiger partial charge in [-0.2, -0.15) is 0 Å². The Morgan fingerprint density at radius 2 is 2.23 bits per heavy atom. The molecule has 0 aliphatic rings. The highest BCUT2D eigenvalue weighted by Crippen LogP contribution is 2.14. The molecule has 0 unspecified atom stereocenters. The summed E-state index contributed by atoms with van der Waals surface area (Å²) in [4.78, 5) is 15.6. The molecular formula is C8H9FN2O2. The fraction of sp³-hybridized carbons (Fsp3) is 0.250. The zero-order valence-electron chi connectivity index (χ0n) is 7.28. The van der Waals surface area contributed by atoms with Crippen LogP contribution in [-0.2, 0) is 0 Å². The summed E-state index contributed by atoms with van der Waals surface area (Å²) in [7, 11) is 3.26. The summed E-state index contributed by atoms with van der Waals surface area (Å²) in [5.74, 6) is -1.69. The summed E-state index contributed by atoms with van der Waals surface area (Å²) < 4.78 is 13.1. The number of carboxylic acids is 1. The van der Waals surface area contributed by atoms with Crippen molar-refractivity contribution in [2.45, 2.75) is 0 Å². The van der Waals surface area contributed by atoms with E-state index in [1.165, 1.54) is 4.90 Å². The van der Waals surface area contributed by atoms with E-state index in [-0.39, 0.29) is 11.4 Å². The molecule has 0 bridgehead atoms. The van der Waals surface area contributed by atoms with Gasteiger partial charge in [0.05, 0.1) is 5.56 Å². The summed E-state index contributed by atoms with van der Waals surface area (Å²) in [5, 5.41) is 8.52. The van der Waals surface area contributed by atoms with Crippen molar-refractivity contribution >= 4 is 11.8 Å². The van der Waals surface area contributed by atoms with E-state index in [1.807, 2.05) is 0 Å². The second-order valence-corrected chi connectivity index (χ2v) is 2.73. The number of hydrogen-bond donors (Lipinski definition) is 1. The Balaban J connectivity index is 3.13. The molecule has 0 fully saturated rings. The average molecular weight is 184 g/mol. The smallest absolute Gasteiger partial charge is 0.337 e. The van der Waals surface area contributed by atoms with Crippen LogP contribution < -0.4 is 4.90 Å². The third kappa shape index (κ3) is 1.93. The van der Waals surface area contributed by atoms with Gasteiger partial charge in [-0.15, -0.1) is 0 Å². The van der Waals surface area contributed by atoms with Crippen LogP contribution in [0.25, 0.3) is 0 Å². The first-order chi connectivity index (χ1) is 6.02. The van der Waals surface area contributed by atoms with E-state index >= 15 is 0 Å². The molecule has 4 nitrogen and oxygen atoms in total. The van der Waals surface area contributed by atoms with Crippen molar-refractivity contribution in [3.63, 3.8) is 0 Å². The van der Waals surface area contributed by atoms with Gasteiger partial charge in [0.25, 0.3) is 0 Å². The van der Waals surface area contributed by atoms with Gasteiger partial charge in [-0.25, -0.2) is 14.2 Å². The summed E-state index contributed by atoms with van der Waals surface area (Å²) >= 11 is 0. The number of carbonyl (C=O) groups is 1. The molecule has 13 heavy (non-hydrogen) atoms. The maximum Gasteiger partial charge on any atom is 0.337 e. The largest absolute Gasteiger partial charge is 0.478 e. The van der Waals surface area contributed by atoms with E-state index in [2.05, 4.69) is 4.98 Å². The minimum absolute atomic E-state index is 0.130. The van der Waals surface area contributed by atoms with E-state index in [4.69, 9.17) is 5.11 Å². The standard InChI is InChI=1S/C8H9FN2O2/c1-11(2)7-6(9)3-5(4-10-7)8(12)13/h3-4H,1-2H3,(H,12,13). The molecule has 0 aliphatic carbocycles. The van der Waals surface area contributed by atoms with Crippen LogP contribution in [0.1, 0.15) is 10.4 Å². The number of aromatic nitrogens is 1. The molecule has 1 rings (SSSR count). The predicted molar refractivity (Wildman–Crippen MR) is 45.5 cm³/mol. The lowest BCUT2D eigenvalue weighted by Crippen LogP contribution is -2.13. The molecule has 0 spiro atoms. The molecule has 0 radical (unpaired) electrons. The van der Waals surface area contributed by atoms with E-state index in [0.29, 0.717) is 0 Å².